The summed E-state index contributed by atoms with van der Waals surface area (Å²) in [6, 6.07) is 3.43. The zero-order valence-electron chi connectivity index (χ0n) is 22.4. The minimum absolute atomic E-state index is 0.103. The third kappa shape index (κ3) is 6.89. The molecule has 2 aromatic rings. The number of ether oxygens (including phenoxy) is 4. The number of methoxy groups -OCH3 is 2. The van der Waals surface area contributed by atoms with Crippen molar-refractivity contribution in [2.24, 2.45) is 0 Å². The number of aromatic nitrogens is 4. The van der Waals surface area contributed by atoms with Gasteiger partial charge in [-0.3, -0.25) is 4.98 Å². The summed E-state index contributed by atoms with van der Waals surface area (Å²) in [5.74, 6) is 0.628. The first kappa shape index (κ1) is 28.6. The first-order chi connectivity index (χ1) is 17.1. The Labute approximate surface area is 214 Å². The largest absolute Gasteiger partial charge is 0.382 e. The van der Waals surface area contributed by atoms with E-state index >= 15 is 0 Å². The molecular weight excluding hydrogens is 484 g/mol. The quantitative estimate of drug-likeness (QED) is 0.388. The maximum atomic E-state index is 13.8. The average Bonchev–Trinajstić information content (AvgIpc) is 3.43. The van der Waals surface area contributed by atoms with Crippen molar-refractivity contribution in [3.8, 4) is 0 Å². The van der Waals surface area contributed by atoms with Gasteiger partial charge in [0.05, 0.1) is 42.4 Å². The van der Waals surface area contributed by atoms with Crippen LogP contribution in [-0.2, 0) is 34.5 Å². The molecule has 202 valence electrons. The van der Waals surface area contributed by atoms with Crippen LogP contribution >= 0.6 is 0 Å². The lowest BCUT2D eigenvalue weighted by Gasteiger charge is -2.27. The van der Waals surface area contributed by atoms with E-state index in [1.165, 1.54) is 0 Å². The summed E-state index contributed by atoms with van der Waals surface area (Å²) in [5, 5.41) is 7.86. The lowest BCUT2D eigenvalue weighted by atomic mass is 10.1. The van der Waals surface area contributed by atoms with Gasteiger partial charge in [-0.1, -0.05) is 6.07 Å². The van der Waals surface area contributed by atoms with Gasteiger partial charge in [-0.15, -0.1) is 10.2 Å². The lowest BCUT2D eigenvalue weighted by molar-refractivity contribution is 0.00402. The third-order valence-corrected chi connectivity index (χ3v) is 8.40. The highest BCUT2D eigenvalue weighted by atomic mass is 32.2. The minimum Gasteiger partial charge on any atom is -0.382 e. The molecule has 3 rings (SSSR count). The van der Waals surface area contributed by atoms with E-state index in [0.29, 0.717) is 30.6 Å². The number of hydrogen-bond acceptors (Lipinski definition) is 9. The molecule has 0 N–H and O–H groups in total. The van der Waals surface area contributed by atoms with Gasteiger partial charge in [0.15, 0.2) is 15.7 Å². The van der Waals surface area contributed by atoms with Crippen molar-refractivity contribution in [2.45, 2.75) is 88.9 Å². The molecule has 11 heteroatoms. The maximum absolute atomic E-state index is 13.8. The van der Waals surface area contributed by atoms with Gasteiger partial charge in [0, 0.05) is 20.4 Å². The Morgan fingerprint density at radius 3 is 2.33 bits per heavy atom. The molecule has 36 heavy (non-hydrogen) atoms. The SMILES string of the molecule is COCC(COC)n1c(CS(=O)(=O)[C@@H](C)[C@@H](OC(C)C)c2ccc(C)cn2)nnc1[C@H]1CC[C@@H](C)O1. The van der Waals surface area contributed by atoms with E-state index in [1.807, 2.05) is 44.4 Å². The van der Waals surface area contributed by atoms with Gasteiger partial charge in [-0.05, 0) is 59.1 Å². The molecule has 1 aliphatic heterocycles. The van der Waals surface area contributed by atoms with Gasteiger partial charge >= 0.3 is 0 Å². The number of hydrogen-bond donors (Lipinski definition) is 0. The Morgan fingerprint density at radius 1 is 1.11 bits per heavy atom. The zero-order chi connectivity index (χ0) is 26.5. The fraction of sp³-hybridized carbons (Fsp3) is 0.720. The van der Waals surface area contributed by atoms with Gasteiger partial charge in [0.25, 0.3) is 0 Å². The number of nitrogens with zero attached hydrogens (tertiary/aromatic N) is 4. The zero-order valence-corrected chi connectivity index (χ0v) is 23.2. The van der Waals surface area contributed by atoms with Gasteiger partial charge < -0.3 is 23.5 Å². The fourth-order valence-corrected chi connectivity index (χ4v) is 5.89. The van der Waals surface area contributed by atoms with Gasteiger partial charge in [-0.2, -0.15) is 0 Å². The smallest absolute Gasteiger partial charge is 0.163 e. The number of sulfone groups is 1. The van der Waals surface area contributed by atoms with E-state index in [4.69, 9.17) is 18.9 Å². The van der Waals surface area contributed by atoms with Crippen LogP contribution in [0.1, 0.15) is 81.7 Å². The highest BCUT2D eigenvalue weighted by molar-refractivity contribution is 7.91. The summed E-state index contributed by atoms with van der Waals surface area (Å²) in [5.41, 5.74) is 1.57. The molecular formula is C25H40N4O6S. The highest BCUT2D eigenvalue weighted by Crippen LogP contribution is 2.34. The number of rotatable bonds is 13. The van der Waals surface area contributed by atoms with Gasteiger partial charge in [0.2, 0.25) is 0 Å². The van der Waals surface area contributed by atoms with Gasteiger partial charge in [0.1, 0.15) is 23.8 Å². The molecule has 0 aromatic carbocycles. The number of pyridine rings is 1. The van der Waals surface area contributed by atoms with Crippen molar-refractivity contribution >= 4 is 9.84 Å². The molecule has 0 saturated carbocycles. The average molecular weight is 525 g/mol. The highest BCUT2D eigenvalue weighted by Gasteiger charge is 2.37. The molecule has 0 bridgehead atoms. The normalized spacial score (nSPS) is 20.4. The van der Waals surface area contributed by atoms with E-state index in [1.54, 1.807) is 27.3 Å². The molecule has 1 fully saturated rings. The summed E-state index contributed by atoms with van der Waals surface area (Å²) in [6.45, 7) is 10.0. The summed E-state index contributed by atoms with van der Waals surface area (Å²) in [4.78, 5) is 4.46. The van der Waals surface area contributed by atoms with Crippen LogP contribution in [0.5, 0.6) is 0 Å². The van der Waals surface area contributed by atoms with Crippen molar-refractivity contribution in [3.05, 3.63) is 41.2 Å². The predicted octanol–water partition coefficient (Wildman–Crippen LogP) is 3.53. The van der Waals surface area contributed by atoms with E-state index in [0.717, 1.165) is 18.4 Å². The Hall–Kier alpha value is -1.92. The van der Waals surface area contributed by atoms with E-state index in [9.17, 15) is 8.42 Å². The minimum atomic E-state index is -3.73. The Kier molecular flexibility index (Phi) is 9.99. The lowest BCUT2D eigenvalue weighted by Crippen LogP contribution is -2.32. The molecule has 4 atom stereocenters. The summed E-state index contributed by atoms with van der Waals surface area (Å²) < 4.78 is 52.3. The van der Waals surface area contributed by atoms with E-state index in [2.05, 4.69) is 15.2 Å². The van der Waals surface area contributed by atoms with Gasteiger partial charge in [-0.25, -0.2) is 8.42 Å². The number of aryl methyl sites for hydroxylation is 1. The molecule has 10 nitrogen and oxygen atoms in total. The van der Waals surface area contributed by atoms with Crippen LogP contribution in [0.4, 0.5) is 0 Å². The van der Waals surface area contributed by atoms with Crippen LogP contribution in [0.25, 0.3) is 0 Å². The van der Waals surface area contributed by atoms with Crippen molar-refractivity contribution in [2.75, 3.05) is 27.4 Å². The molecule has 0 radical (unpaired) electrons. The van der Waals surface area contributed by atoms with Crippen LogP contribution in [0.15, 0.2) is 18.3 Å². The summed E-state index contributed by atoms with van der Waals surface area (Å²) >= 11 is 0. The molecule has 1 saturated heterocycles. The third-order valence-electron chi connectivity index (χ3n) is 6.36. The predicted molar refractivity (Wildman–Crippen MR) is 135 cm³/mol. The molecule has 3 heterocycles. The summed E-state index contributed by atoms with van der Waals surface area (Å²) in [6.07, 6.45) is 2.35. The molecule has 0 spiro atoms. The molecule has 0 aliphatic carbocycles. The standard InChI is InChI=1S/C25H40N4O6S/c1-16(2)34-24(21-10-8-17(3)12-26-21)19(5)36(30,31)15-23-27-28-25(22-11-9-18(4)35-22)29(23)20(13-32-6)14-33-7/h8,10,12,16,18-20,22,24H,9,11,13-15H2,1-7H3/t18-,19+,22-,24-/m1/s1. The van der Waals surface area contributed by atoms with Crippen molar-refractivity contribution in [1.82, 2.24) is 19.7 Å². The molecule has 2 aromatic heterocycles. The van der Waals surface area contributed by atoms with Crippen LogP contribution < -0.4 is 0 Å². The van der Waals surface area contributed by atoms with Crippen molar-refractivity contribution < 1.29 is 27.4 Å². The molecule has 1 aliphatic rings. The van der Waals surface area contributed by atoms with Crippen LogP contribution in [0.2, 0.25) is 0 Å². The Balaban J connectivity index is 1.97. The van der Waals surface area contributed by atoms with Crippen molar-refractivity contribution in [1.29, 1.82) is 0 Å². The Bertz CT molecular complexity index is 1070. The second-order valence-corrected chi connectivity index (χ2v) is 12.2. The Morgan fingerprint density at radius 2 is 1.81 bits per heavy atom. The topological polar surface area (TPSA) is 115 Å². The van der Waals surface area contributed by atoms with E-state index < -0.39 is 21.2 Å². The van der Waals surface area contributed by atoms with Crippen molar-refractivity contribution in [3.63, 3.8) is 0 Å². The second kappa shape index (κ2) is 12.6. The van der Waals surface area contributed by atoms with E-state index in [-0.39, 0.29) is 30.1 Å². The van der Waals surface area contributed by atoms with Crippen LogP contribution in [0, 0.1) is 6.92 Å². The summed E-state index contributed by atoms with van der Waals surface area (Å²) in [7, 11) is -0.536. The molecule has 0 amide bonds. The fourth-order valence-electron chi connectivity index (χ4n) is 4.49. The molecule has 0 unspecified atom stereocenters. The second-order valence-electron chi connectivity index (χ2n) is 9.80. The first-order valence-electron chi connectivity index (χ1n) is 12.4. The van der Waals surface area contributed by atoms with Crippen LogP contribution in [0.3, 0.4) is 0 Å². The van der Waals surface area contributed by atoms with Crippen LogP contribution in [-0.4, -0.2) is 73.1 Å². The maximum Gasteiger partial charge on any atom is 0.163 e. The first-order valence-corrected chi connectivity index (χ1v) is 14.2. The monoisotopic (exact) mass is 524 g/mol.